The molecule has 1 N–H and O–H groups in total. The Morgan fingerprint density at radius 3 is 2.86 bits per heavy atom. The topological polar surface area (TPSA) is 59.2 Å². The fourth-order valence-corrected chi connectivity index (χ4v) is 2.97. The third-order valence-electron chi connectivity index (χ3n) is 4.12. The summed E-state index contributed by atoms with van der Waals surface area (Å²) in [5.74, 6) is -0.535. The maximum Gasteiger partial charge on any atom is 0.309 e. The third kappa shape index (κ3) is 2.82. The Bertz CT molecular complexity index is 742. The van der Waals surface area contributed by atoms with Crippen LogP contribution < -0.4 is 0 Å². The number of hydrogen-bond acceptors (Lipinski definition) is 3. The second kappa shape index (κ2) is 6.18. The van der Waals surface area contributed by atoms with Crippen molar-refractivity contribution in [2.45, 2.75) is 26.2 Å². The van der Waals surface area contributed by atoms with Crippen molar-refractivity contribution in [1.82, 2.24) is 4.98 Å². The molecule has 0 bridgehead atoms. The highest BCUT2D eigenvalue weighted by Gasteiger charge is 2.22. The summed E-state index contributed by atoms with van der Waals surface area (Å²) in [6.07, 6.45) is 6.48. The predicted molar refractivity (Wildman–Crippen MR) is 84.8 cm³/mol. The minimum Gasteiger partial charge on any atom is -0.457 e. The second-order valence-electron chi connectivity index (χ2n) is 5.68. The van der Waals surface area contributed by atoms with Gasteiger partial charge in [-0.1, -0.05) is 30.4 Å². The van der Waals surface area contributed by atoms with Gasteiger partial charge in [0.05, 0.1) is 5.92 Å². The van der Waals surface area contributed by atoms with E-state index in [4.69, 9.17) is 4.74 Å². The van der Waals surface area contributed by atoms with Crippen molar-refractivity contribution < 1.29 is 14.3 Å². The number of aromatic amines is 1. The van der Waals surface area contributed by atoms with Crippen molar-refractivity contribution >= 4 is 22.7 Å². The van der Waals surface area contributed by atoms with Crippen LogP contribution >= 0.6 is 0 Å². The van der Waals surface area contributed by atoms with E-state index in [2.05, 4.69) is 11.1 Å². The van der Waals surface area contributed by atoms with Gasteiger partial charge in [0.25, 0.3) is 0 Å². The minimum atomic E-state index is -0.268. The van der Waals surface area contributed by atoms with E-state index in [1.54, 1.807) is 0 Å². The van der Waals surface area contributed by atoms with Gasteiger partial charge in [-0.25, -0.2) is 0 Å². The Hall–Kier alpha value is -2.36. The molecule has 0 unspecified atom stereocenters. The number of ether oxygens (including phenoxy) is 1. The van der Waals surface area contributed by atoms with Gasteiger partial charge in [0.15, 0.2) is 6.61 Å². The molecular weight excluding hydrogens is 278 g/mol. The highest BCUT2D eigenvalue weighted by Crippen LogP contribution is 2.23. The van der Waals surface area contributed by atoms with E-state index < -0.39 is 0 Å². The molecular formula is C18H19NO3. The van der Waals surface area contributed by atoms with Gasteiger partial charge in [-0.2, -0.15) is 0 Å². The van der Waals surface area contributed by atoms with Crippen molar-refractivity contribution in [2.75, 3.05) is 6.61 Å². The molecule has 1 heterocycles. The first-order chi connectivity index (χ1) is 10.7. The van der Waals surface area contributed by atoms with Gasteiger partial charge in [0.1, 0.15) is 0 Å². The van der Waals surface area contributed by atoms with Crippen LogP contribution in [-0.4, -0.2) is 23.3 Å². The molecule has 3 rings (SSSR count). The van der Waals surface area contributed by atoms with E-state index in [0.717, 1.165) is 29.4 Å². The number of H-pyrrole nitrogens is 1. The van der Waals surface area contributed by atoms with Crippen molar-refractivity contribution in [3.63, 3.8) is 0 Å². The number of aromatic nitrogens is 1. The summed E-state index contributed by atoms with van der Waals surface area (Å²) < 4.78 is 5.23. The van der Waals surface area contributed by atoms with Crippen molar-refractivity contribution in [3.05, 3.63) is 47.7 Å². The van der Waals surface area contributed by atoms with Crippen LogP contribution in [0.25, 0.3) is 10.9 Å². The van der Waals surface area contributed by atoms with Crippen LogP contribution in [0.2, 0.25) is 0 Å². The first-order valence-electron chi connectivity index (χ1n) is 7.59. The van der Waals surface area contributed by atoms with Crippen molar-refractivity contribution in [2.24, 2.45) is 5.92 Å². The largest absolute Gasteiger partial charge is 0.457 e. The zero-order chi connectivity index (χ0) is 15.5. The molecule has 4 nitrogen and oxygen atoms in total. The van der Waals surface area contributed by atoms with Gasteiger partial charge < -0.3 is 9.72 Å². The van der Waals surface area contributed by atoms with E-state index in [9.17, 15) is 9.59 Å². The molecule has 1 aromatic carbocycles. The molecule has 1 atom stereocenters. The molecule has 0 saturated heterocycles. The third-order valence-corrected chi connectivity index (χ3v) is 4.12. The Labute approximate surface area is 129 Å². The van der Waals surface area contributed by atoms with E-state index in [1.165, 1.54) is 0 Å². The molecule has 0 aliphatic heterocycles. The van der Waals surface area contributed by atoms with Crippen molar-refractivity contribution in [3.8, 4) is 0 Å². The highest BCUT2D eigenvalue weighted by atomic mass is 16.5. The molecule has 22 heavy (non-hydrogen) atoms. The number of Topliss-reactive ketones (excluding diaryl/α,β-unsaturated/α-hetero) is 1. The Morgan fingerprint density at radius 1 is 1.27 bits per heavy atom. The molecule has 0 amide bonds. The number of aryl methyl sites for hydroxylation is 1. The standard InChI is InChI=1S/C18H19NO3/c1-12-17(14-9-5-6-10-15(14)19-12)16(20)11-22-18(21)13-7-3-2-4-8-13/h2-3,5-6,9-10,13,19H,4,7-8,11H2,1H3/t13-/m0/s1. The first-order valence-corrected chi connectivity index (χ1v) is 7.59. The summed E-state index contributed by atoms with van der Waals surface area (Å²) in [5.41, 5.74) is 2.35. The molecule has 0 spiro atoms. The molecule has 2 aromatic rings. The van der Waals surface area contributed by atoms with Gasteiger partial charge in [-0.3, -0.25) is 9.59 Å². The Kier molecular flexibility index (Phi) is 4.09. The average molecular weight is 297 g/mol. The van der Waals surface area contributed by atoms with Crippen LogP contribution in [0.5, 0.6) is 0 Å². The molecule has 0 saturated carbocycles. The fourth-order valence-electron chi connectivity index (χ4n) is 2.97. The first kappa shape index (κ1) is 14.6. The summed E-state index contributed by atoms with van der Waals surface area (Å²) in [4.78, 5) is 27.6. The summed E-state index contributed by atoms with van der Waals surface area (Å²) in [5, 5.41) is 0.877. The number of ketones is 1. The molecule has 1 aliphatic carbocycles. The van der Waals surface area contributed by atoms with Crippen LogP contribution in [-0.2, 0) is 9.53 Å². The number of allylic oxidation sites excluding steroid dienone is 2. The molecule has 0 radical (unpaired) electrons. The number of hydrogen-bond donors (Lipinski definition) is 1. The average Bonchev–Trinajstić information content (AvgIpc) is 2.89. The van der Waals surface area contributed by atoms with Crippen LogP contribution in [0.15, 0.2) is 36.4 Å². The molecule has 4 heteroatoms. The van der Waals surface area contributed by atoms with E-state index in [1.807, 2.05) is 37.3 Å². The van der Waals surface area contributed by atoms with Gasteiger partial charge >= 0.3 is 5.97 Å². The minimum absolute atomic E-state index is 0.109. The monoisotopic (exact) mass is 297 g/mol. The number of rotatable bonds is 4. The summed E-state index contributed by atoms with van der Waals surface area (Å²) in [6, 6.07) is 7.65. The summed E-state index contributed by atoms with van der Waals surface area (Å²) in [6.45, 7) is 1.67. The summed E-state index contributed by atoms with van der Waals surface area (Å²) >= 11 is 0. The van der Waals surface area contributed by atoms with Gasteiger partial charge in [0.2, 0.25) is 5.78 Å². The number of benzene rings is 1. The van der Waals surface area contributed by atoms with Crippen LogP contribution in [0.1, 0.15) is 35.3 Å². The zero-order valence-electron chi connectivity index (χ0n) is 12.6. The number of para-hydroxylation sites is 1. The lowest BCUT2D eigenvalue weighted by Gasteiger charge is -2.16. The number of carbonyl (C=O) groups excluding carboxylic acids is 2. The van der Waals surface area contributed by atoms with Gasteiger partial charge in [-0.15, -0.1) is 0 Å². The number of esters is 1. The quantitative estimate of drug-likeness (QED) is 0.533. The number of carbonyl (C=O) groups is 2. The van der Waals surface area contributed by atoms with E-state index in [-0.39, 0.29) is 24.3 Å². The lowest BCUT2D eigenvalue weighted by molar-refractivity contribution is -0.147. The Morgan fingerprint density at radius 2 is 2.09 bits per heavy atom. The van der Waals surface area contributed by atoms with Gasteiger partial charge in [-0.05, 0) is 32.3 Å². The normalized spacial score (nSPS) is 17.6. The SMILES string of the molecule is Cc1[nH]c2ccccc2c1C(=O)COC(=O)[C@H]1CC=CCC1. The number of fused-ring (bicyclic) bond motifs is 1. The van der Waals surface area contributed by atoms with Crippen LogP contribution in [0.3, 0.4) is 0 Å². The second-order valence-corrected chi connectivity index (χ2v) is 5.68. The van der Waals surface area contributed by atoms with E-state index >= 15 is 0 Å². The van der Waals surface area contributed by atoms with Gasteiger partial charge in [0, 0.05) is 22.2 Å². The predicted octanol–water partition coefficient (Wildman–Crippen LogP) is 3.56. The molecule has 0 fully saturated rings. The summed E-state index contributed by atoms with van der Waals surface area (Å²) in [7, 11) is 0. The fraction of sp³-hybridized carbons (Fsp3) is 0.333. The van der Waals surface area contributed by atoms with Crippen molar-refractivity contribution in [1.29, 1.82) is 0 Å². The Balaban J connectivity index is 1.70. The zero-order valence-corrected chi connectivity index (χ0v) is 12.6. The van der Waals surface area contributed by atoms with Crippen LogP contribution in [0.4, 0.5) is 0 Å². The van der Waals surface area contributed by atoms with Crippen LogP contribution in [0, 0.1) is 12.8 Å². The van der Waals surface area contributed by atoms with E-state index in [0.29, 0.717) is 12.0 Å². The molecule has 1 aliphatic rings. The highest BCUT2D eigenvalue weighted by molar-refractivity contribution is 6.10. The lowest BCUT2D eigenvalue weighted by atomic mass is 9.95. The maximum absolute atomic E-state index is 12.4. The lowest BCUT2D eigenvalue weighted by Crippen LogP contribution is -2.22. The molecule has 114 valence electrons. The maximum atomic E-state index is 12.4. The number of nitrogens with one attached hydrogen (secondary N) is 1. The molecule has 1 aromatic heterocycles. The smallest absolute Gasteiger partial charge is 0.309 e.